The number of halogens is 1. The van der Waals surface area contributed by atoms with Gasteiger partial charge in [0.2, 0.25) is 0 Å². The van der Waals surface area contributed by atoms with E-state index in [1.165, 1.54) is 0 Å². The molecule has 0 aromatic carbocycles. The Bertz CT molecular complexity index is 162. The van der Waals surface area contributed by atoms with Crippen molar-refractivity contribution in [2.75, 3.05) is 5.75 Å². The number of hydrogen-bond donors (Lipinski definition) is 0. The molecule has 4 heteroatoms. The largest absolute Gasteiger partial charge is 0.246 e. The zero-order valence-electron chi connectivity index (χ0n) is 5.59. The van der Waals surface area contributed by atoms with Crippen LogP contribution in [0.25, 0.3) is 0 Å². The van der Waals surface area contributed by atoms with Crippen molar-refractivity contribution >= 4 is 38.1 Å². The third kappa shape index (κ3) is 6.99. The van der Waals surface area contributed by atoms with Crippen LogP contribution in [0.5, 0.6) is 0 Å². The van der Waals surface area contributed by atoms with E-state index in [9.17, 15) is 4.21 Å². The Hall–Kier alpha value is 1.10. The fourth-order valence-corrected chi connectivity index (χ4v) is 3.91. The zero-order chi connectivity index (χ0) is 7.49. The Balaban J connectivity index is 3.75. The second kappa shape index (κ2) is 4.08. The van der Waals surface area contributed by atoms with E-state index in [0.717, 1.165) is 6.42 Å². The van der Waals surface area contributed by atoms with E-state index in [4.69, 9.17) is 11.2 Å². The molecule has 0 fully saturated rings. The van der Waals surface area contributed by atoms with Crippen LogP contribution in [0.3, 0.4) is 0 Å². The van der Waals surface area contributed by atoms with Crippen LogP contribution in [-0.2, 0) is 16.9 Å². The van der Waals surface area contributed by atoms with Crippen LogP contribution in [0.1, 0.15) is 20.3 Å². The van der Waals surface area contributed by atoms with E-state index in [0.29, 0.717) is 11.7 Å². The number of hydrogen-bond acceptors (Lipinski definition) is 2. The molecule has 0 saturated heterocycles. The maximum absolute atomic E-state index is 11.0. The number of rotatable bonds is 3. The fraction of sp³-hybridized carbons (Fsp3) is 1.00. The molecule has 2 atom stereocenters. The molecule has 0 amide bonds. The SMILES string of the molecule is CCC(C)CS(=O)(=S)I. The van der Waals surface area contributed by atoms with Crippen molar-refractivity contribution in [1.82, 2.24) is 0 Å². The van der Waals surface area contributed by atoms with Gasteiger partial charge < -0.3 is 0 Å². The Morgan fingerprint density at radius 2 is 2.22 bits per heavy atom. The van der Waals surface area contributed by atoms with Crippen molar-refractivity contribution in [2.24, 2.45) is 5.92 Å². The molecule has 0 heterocycles. The predicted octanol–water partition coefficient (Wildman–Crippen LogP) is 2.13. The van der Waals surface area contributed by atoms with E-state index in [2.05, 4.69) is 13.8 Å². The van der Waals surface area contributed by atoms with Crippen LogP contribution in [0.2, 0.25) is 0 Å². The van der Waals surface area contributed by atoms with Gasteiger partial charge in [0.05, 0.1) is 5.66 Å². The molecular weight excluding hydrogens is 267 g/mol. The van der Waals surface area contributed by atoms with Crippen molar-refractivity contribution in [2.45, 2.75) is 20.3 Å². The van der Waals surface area contributed by atoms with Crippen LogP contribution in [0, 0.1) is 5.92 Å². The summed E-state index contributed by atoms with van der Waals surface area (Å²) in [6, 6.07) is 0. The molecule has 0 radical (unpaired) electrons. The quantitative estimate of drug-likeness (QED) is 0.581. The summed E-state index contributed by atoms with van der Waals surface area (Å²) in [5.74, 6) is 1.19. The molecule has 0 aliphatic rings. The first-order chi connectivity index (χ1) is 3.95. The minimum atomic E-state index is -1.93. The molecule has 9 heavy (non-hydrogen) atoms. The standard InChI is InChI=1S/C5H11IOS2/c1-3-5(2)4-9(6,7)8/h5H,3-4H2,1-2H3. The van der Waals surface area contributed by atoms with Crippen LogP contribution in [0.15, 0.2) is 0 Å². The lowest BCUT2D eigenvalue weighted by Crippen LogP contribution is -2.05. The van der Waals surface area contributed by atoms with Crippen LogP contribution >= 0.6 is 21.2 Å². The average Bonchev–Trinajstić information content (AvgIpc) is 1.62. The van der Waals surface area contributed by atoms with Gasteiger partial charge in [0.1, 0.15) is 0 Å². The summed E-state index contributed by atoms with van der Waals surface area (Å²) < 4.78 is 11.0. The van der Waals surface area contributed by atoms with Crippen LogP contribution < -0.4 is 0 Å². The summed E-state index contributed by atoms with van der Waals surface area (Å²) in [4.78, 5) is 0. The van der Waals surface area contributed by atoms with Gasteiger partial charge in [-0.25, -0.2) is 4.21 Å². The Labute approximate surface area is 73.9 Å². The normalized spacial score (nSPS) is 20.8. The molecule has 0 N–H and O–H groups in total. The van der Waals surface area contributed by atoms with Gasteiger partial charge in [-0.1, -0.05) is 20.3 Å². The van der Waals surface area contributed by atoms with Crippen molar-refractivity contribution < 1.29 is 4.21 Å². The fourth-order valence-electron chi connectivity index (χ4n) is 0.458. The molecular formula is C5H11IOS2. The first-order valence-electron chi connectivity index (χ1n) is 2.88. The van der Waals surface area contributed by atoms with E-state index < -0.39 is 5.66 Å². The maximum atomic E-state index is 11.0. The van der Waals surface area contributed by atoms with Crippen molar-refractivity contribution in [3.63, 3.8) is 0 Å². The highest BCUT2D eigenvalue weighted by molar-refractivity contribution is 14.2. The topological polar surface area (TPSA) is 17.1 Å². The molecule has 0 spiro atoms. The Morgan fingerprint density at radius 3 is 2.33 bits per heavy atom. The Kier molecular flexibility index (Phi) is 4.58. The summed E-state index contributed by atoms with van der Waals surface area (Å²) in [6.45, 7) is 4.16. The van der Waals surface area contributed by atoms with Gasteiger partial charge in [0.25, 0.3) is 0 Å². The summed E-state index contributed by atoms with van der Waals surface area (Å²) in [5.41, 5.74) is -1.93. The minimum absolute atomic E-state index is 0.506. The summed E-state index contributed by atoms with van der Waals surface area (Å²) in [6.07, 6.45) is 1.07. The monoisotopic (exact) mass is 278 g/mol. The molecule has 0 aromatic rings. The second-order valence-electron chi connectivity index (χ2n) is 2.22. The summed E-state index contributed by atoms with van der Waals surface area (Å²) in [7, 11) is 0. The predicted molar refractivity (Wildman–Crippen MR) is 53.8 cm³/mol. The maximum Gasteiger partial charge on any atom is 0.0855 e. The molecule has 0 aromatic heterocycles. The third-order valence-electron chi connectivity index (χ3n) is 1.18. The van der Waals surface area contributed by atoms with E-state index >= 15 is 0 Å². The first kappa shape index (κ1) is 10.1. The molecule has 1 nitrogen and oxygen atoms in total. The van der Waals surface area contributed by atoms with Gasteiger partial charge in [-0.2, -0.15) is 0 Å². The molecule has 56 valence electrons. The first-order valence-corrected chi connectivity index (χ1v) is 8.07. The highest BCUT2D eigenvalue weighted by atomic mass is 127. The molecule has 0 bridgehead atoms. The molecule has 0 aliphatic carbocycles. The Morgan fingerprint density at radius 1 is 1.78 bits per heavy atom. The highest BCUT2D eigenvalue weighted by Gasteiger charge is 2.05. The molecule has 0 saturated carbocycles. The van der Waals surface area contributed by atoms with Crippen molar-refractivity contribution in [3.8, 4) is 0 Å². The van der Waals surface area contributed by atoms with E-state index in [1.54, 1.807) is 0 Å². The third-order valence-corrected chi connectivity index (χ3v) is 3.63. The van der Waals surface area contributed by atoms with Gasteiger partial charge in [0.15, 0.2) is 0 Å². The van der Waals surface area contributed by atoms with Crippen LogP contribution in [-0.4, -0.2) is 9.96 Å². The van der Waals surface area contributed by atoms with Crippen molar-refractivity contribution in [1.29, 1.82) is 0 Å². The second-order valence-corrected chi connectivity index (χ2v) is 11.3. The highest BCUT2D eigenvalue weighted by Crippen LogP contribution is 2.11. The van der Waals surface area contributed by atoms with E-state index in [1.807, 2.05) is 21.2 Å². The van der Waals surface area contributed by atoms with Gasteiger partial charge >= 0.3 is 0 Å². The lowest BCUT2D eigenvalue weighted by molar-refractivity contribution is 0.621. The minimum Gasteiger partial charge on any atom is -0.246 e. The smallest absolute Gasteiger partial charge is 0.0855 e. The van der Waals surface area contributed by atoms with Gasteiger partial charge in [-0.15, -0.1) is 0 Å². The average molecular weight is 278 g/mol. The molecule has 0 aliphatic heterocycles. The van der Waals surface area contributed by atoms with Gasteiger partial charge in [-0.3, -0.25) is 0 Å². The molecule has 2 unspecified atom stereocenters. The van der Waals surface area contributed by atoms with Crippen molar-refractivity contribution in [3.05, 3.63) is 0 Å². The summed E-state index contributed by atoms with van der Waals surface area (Å²) >= 11 is 6.60. The van der Waals surface area contributed by atoms with E-state index in [-0.39, 0.29) is 0 Å². The molecule has 0 rings (SSSR count). The lowest BCUT2D eigenvalue weighted by Gasteiger charge is -2.04. The summed E-state index contributed by atoms with van der Waals surface area (Å²) in [5, 5.41) is 0. The van der Waals surface area contributed by atoms with Crippen LogP contribution in [0.4, 0.5) is 0 Å². The van der Waals surface area contributed by atoms with Gasteiger partial charge in [0, 0.05) is 27.0 Å². The van der Waals surface area contributed by atoms with Gasteiger partial charge in [-0.05, 0) is 17.1 Å². The zero-order valence-corrected chi connectivity index (χ0v) is 9.38. The lowest BCUT2D eigenvalue weighted by atomic mass is 10.2.